The second-order valence-electron chi connectivity index (χ2n) is 9.45. The van der Waals surface area contributed by atoms with Gasteiger partial charge in [-0.1, -0.05) is 36.8 Å². The summed E-state index contributed by atoms with van der Waals surface area (Å²) >= 11 is 0. The molecule has 1 heterocycles. The molecule has 0 saturated carbocycles. The Morgan fingerprint density at radius 1 is 0.978 bits per heavy atom. The average Bonchev–Trinajstić information content (AvgIpc) is 2.93. The number of anilines is 1. The number of hydrogen-bond donors (Lipinski definition) is 4. The summed E-state index contributed by atoms with van der Waals surface area (Å²) in [7, 11) is -7.33. The normalized spacial score (nSPS) is 11.6. The minimum Gasteiger partial charge on any atom is -0.461 e. The first kappa shape index (κ1) is 38.8. The smallest absolute Gasteiger partial charge is 0.306 e. The number of fused-ring (bicyclic) bond motifs is 1. The van der Waals surface area contributed by atoms with E-state index in [4.69, 9.17) is 19.6 Å². The van der Waals surface area contributed by atoms with Gasteiger partial charge in [-0.25, -0.2) is 0 Å². The molecule has 248 valence electrons. The molecule has 0 aliphatic heterocycles. The number of ether oxygens (including phenoxy) is 1. The summed E-state index contributed by atoms with van der Waals surface area (Å²) in [6.07, 6.45) is 6.84. The van der Waals surface area contributed by atoms with Crippen molar-refractivity contribution in [1.29, 1.82) is 0 Å². The molecule has 0 aliphatic rings. The summed E-state index contributed by atoms with van der Waals surface area (Å²) in [5.41, 5.74) is 8.14. The lowest BCUT2D eigenvalue weighted by molar-refractivity contribution is -0.757. The number of nitrogens with two attached hydrogens (primary N) is 1. The lowest BCUT2D eigenvalue weighted by atomic mass is 9.97. The van der Waals surface area contributed by atoms with Crippen molar-refractivity contribution < 1.29 is 50.2 Å². The monoisotopic (exact) mass is 672 g/mol. The summed E-state index contributed by atoms with van der Waals surface area (Å²) in [5.74, 6) is -1.07. The fraction of sp³-hybridized carbons (Fsp3) is 0.370. The summed E-state index contributed by atoms with van der Waals surface area (Å²) in [6.45, 7) is 0.287. The molecule has 0 spiro atoms. The summed E-state index contributed by atoms with van der Waals surface area (Å²) in [5, 5.41) is 14.1. The maximum absolute atomic E-state index is 12.9. The van der Waals surface area contributed by atoms with Gasteiger partial charge in [0.1, 0.15) is 6.61 Å². The van der Waals surface area contributed by atoms with Gasteiger partial charge >= 0.3 is 5.97 Å². The third-order valence-corrected chi connectivity index (χ3v) is 5.46. The Hall–Kier alpha value is -4.23. The molecule has 18 heteroatoms. The zero-order chi connectivity index (χ0) is 34.0. The van der Waals surface area contributed by atoms with Crippen LogP contribution in [-0.2, 0) is 46.0 Å². The van der Waals surface area contributed by atoms with Crippen LogP contribution < -0.4 is 11.1 Å². The minimum absolute atomic E-state index is 0.0240. The van der Waals surface area contributed by atoms with Gasteiger partial charge in [-0.2, -0.15) is 16.8 Å². The maximum atomic E-state index is 12.9. The van der Waals surface area contributed by atoms with Crippen molar-refractivity contribution in [3.05, 3.63) is 82.2 Å². The third kappa shape index (κ3) is 19.6. The van der Waals surface area contributed by atoms with Crippen molar-refractivity contribution in [2.24, 2.45) is 5.73 Å². The van der Waals surface area contributed by atoms with Gasteiger partial charge in [-0.3, -0.25) is 23.7 Å². The zero-order valence-corrected chi connectivity index (χ0v) is 26.2. The Bertz CT molecular complexity index is 1570. The van der Waals surface area contributed by atoms with Crippen LogP contribution in [0.25, 0.3) is 10.8 Å². The standard InChI is InChI=1S/C25H28N4O6.2CH4O3S/c26-15-23(25(31)28-22-10-9-21-16-27-12-11-20(21)14-22)19-7-5-18(6-8-19)17-34-24(30)4-2-1-3-13-35-29(32)33;2*1-5(2,3)4/h5-12,14,16,23H,1-4,13,15,17,26H2,(H,28,31);2*1H3,(H,2,3,4). The van der Waals surface area contributed by atoms with Crippen LogP contribution in [0.15, 0.2) is 60.9 Å². The lowest BCUT2D eigenvalue weighted by Crippen LogP contribution is -2.27. The number of benzene rings is 2. The number of aromatic nitrogens is 1. The Morgan fingerprint density at radius 2 is 1.60 bits per heavy atom. The van der Waals surface area contributed by atoms with Crippen LogP contribution in [-0.4, -0.2) is 73.6 Å². The van der Waals surface area contributed by atoms with Crippen molar-refractivity contribution >= 4 is 48.6 Å². The molecule has 2 aromatic carbocycles. The molecule has 1 atom stereocenters. The Kier molecular flexibility index (Phi) is 16.6. The quantitative estimate of drug-likeness (QED) is 0.0669. The van der Waals surface area contributed by atoms with Gasteiger partial charge in [-0.15, -0.1) is 10.1 Å². The molecule has 0 radical (unpaired) electrons. The number of carbonyl (C=O) groups excluding carboxylic acids is 2. The van der Waals surface area contributed by atoms with E-state index in [1.54, 1.807) is 24.5 Å². The molecule has 0 fully saturated rings. The Balaban J connectivity index is 0.000000877. The van der Waals surface area contributed by atoms with Gasteiger partial charge in [0.05, 0.1) is 25.0 Å². The molecule has 16 nitrogen and oxygen atoms in total. The zero-order valence-electron chi connectivity index (χ0n) is 24.6. The number of nitrogens with zero attached hydrogens (tertiary/aromatic N) is 2. The first-order valence-corrected chi connectivity index (χ1v) is 16.9. The molecule has 3 rings (SSSR count). The molecule has 3 aromatic rings. The molecule has 5 N–H and O–H groups in total. The van der Waals surface area contributed by atoms with Gasteiger partial charge < -0.3 is 20.6 Å². The Morgan fingerprint density at radius 3 is 2.18 bits per heavy atom. The van der Waals surface area contributed by atoms with Crippen LogP contribution in [0.5, 0.6) is 0 Å². The van der Waals surface area contributed by atoms with E-state index < -0.39 is 31.2 Å². The highest BCUT2D eigenvalue weighted by Gasteiger charge is 2.19. The van der Waals surface area contributed by atoms with Crippen LogP contribution >= 0.6 is 0 Å². The van der Waals surface area contributed by atoms with Gasteiger partial charge in [0.2, 0.25) is 5.91 Å². The number of nitrogens with one attached hydrogen (secondary N) is 1. The predicted molar refractivity (Wildman–Crippen MR) is 165 cm³/mol. The molecule has 0 bridgehead atoms. The van der Waals surface area contributed by atoms with Gasteiger partial charge in [-0.05, 0) is 47.6 Å². The third-order valence-electron chi connectivity index (χ3n) is 5.46. The molecule has 0 aliphatic carbocycles. The van der Waals surface area contributed by atoms with E-state index in [0.717, 1.165) is 21.9 Å². The molecule has 1 aromatic heterocycles. The van der Waals surface area contributed by atoms with E-state index in [1.807, 2.05) is 36.4 Å². The number of carbonyl (C=O) groups is 2. The highest BCUT2D eigenvalue weighted by molar-refractivity contribution is 7.85. The highest BCUT2D eigenvalue weighted by atomic mass is 32.2. The fourth-order valence-corrected chi connectivity index (χ4v) is 3.55. The van der Waals surface area contributed by atoms with Crippen molar-refractivity contribution in [3.63, 3.8) is 0 Å². The largest absolute Gasteiger partial charge is 0.461 e. The molecule has 1 amide bonds. The maximum Gasteiger partial charge on any atom is 0.306 e. The van der Waals surface area contributed by atoms with Gasteiger partial charge in [0.15, 0.2) is 0 Å². The number of hydrogen-bond acceptors (Lipinski definition) is 12. The first-order chi connectivity index (χ1) is 21.0. The van der Waals surface area contributed by atoms with Crippen LogP contribution in [0.2, 0.25) is 0 Å². The van der Waals surface area contributed by atoms with E-state index >= 15 is 0 Å². The van der Waals surface area contributed by atoms with Gasteiger partial charge in [0, 0.05) is 36.4 Å². The van der Waals surface area contributed by atoms with Crippen LogP contribution in [0.1, 0.15) is 42.7 Å². The Labute approximate surface area is 260 Å². The molecule has 45 heavy (non-hydrogen) atoms. The van der Waals surface area contributed by atoms with E-state index in [9.17, 15) is 36.5 Å². The first-order valence-electron chi connectivity index (χ1n) is 13.2. The van der Waals surface area contributed by atoms with E-state index in [1.165, 1.54) is 0 Å². The predicted octanol–water partition coefficient (Wildman–Crippen LogP) is 2.74. The summed E-state index contributed by atoms with van der Waals surface area (Å²) < 4.78 is 57.0. The molecular formula is C27H36N4O12S2. The van der Waals surface area contributed by atoms with Crippen molar-refractivity contribution in [3.8, 4) is 0 Å². The van der Waals surface area contributed by atoms with Crippen LogP contribution in [0.3, 0.4) is 0 Å². The van der Waals surface area contributed by atoms with Crippen molar-refractivity contribution in [2.75, 3.05) is 31.0 Å². The summed E-state index contributed by atoms with van der Waals surface area (Å²) in [4.78, 5) is 43.1. The second kappa shape index (κ2) is 19.2. The molecule has 1 unspecified atom stereocenters. The lowest BCUT2D eigenvalue weighted by Gasteiger charge is -2.16. The van der Waals surface area contributed by atoms with Crippen molar-refractivity contribution in [1.82, 2.24) is 4.98 Å². The number of pyridine rings is 1. The SMILES string of the molecule is CS(=O)(=O)O.CS(=O)(=O)O.NCC(C(=O)Nc1ccc2cnccc2c1)c1ccc(COC(=O)CCCCCO[N+](=O)[O-])cc1. The fourth-order valence-electron chi connectivity index (χ4n) is 3.55. The number of esters is 1. The van der Waals surface area contributed by atoms with E-state index in [-0.39, 0.29) is 38.1 Å². The second-order valence-corrected chi connectivity index (χ2v) is 12.4. The minimum atomic E-state index is -3.67. The highest BCUT2D eigenvalue weighted by Crippen LogP contribution is 2.22. The van der Waals surface area contributed by atoms with Crippen LogP contribution in [0, 0.1) is 10.1 Å². The van der Waals surface area contributed by atoms with E-state index in [2.05, 4.69) is 15.1 Å². The topological polar surface area (TPSA) is 255 Å². The average molecular weight is 673 g/mol. The molecule has 0 saturated heterocycles. The van der Waals surface area contributed by atoms with Crippen molar-refractivity contribution in [2.45, 2.75) is 38.2 Å². The van der Waals surface area contributed by atoms with Gasteiger partial charge in [0.25, 0.3) is 25.3 Å². The molecular weight excluding hydrogens is 636 g/mol. The number of amides is 1. The van der Waals surface area contributed by atoms with E-state index in [0.29, 0.717) is 37.5 Å². The van der Waals surface area contributed by atoms with Crippen LogP contribution in [0.4, 0.5) is 5.69 Å². The summed E-state index contributed by atoms with van der Waals surface area (Å²) in [6, 6.07) is 14.7. The number of unbranched alkanes of at least 4 members (excludes halogenated alkanes) is 2. The number of rotatable bonds is 13.